The first-order chi connectivity index (χ1) is 7.67. The van der Waals surface area contributed by atoms with Gasteiger partial charge < -0.3 is 15.2 Å². The molecule has 16 heavy (non-hydrogen) atoms. The van der Waals surface area contributed by atoms with E-state index in [1.807, 2.05) is 6.92 Å². The van der Waals surface area contributed by atoms with E-state index in [0.717, 1.165) is 5.56 Å². The normalized spacial score (nSPS) is 12.5. The molecule has 4 heteroatoms. The van der Waals surface area contributed by atoms with Gasteiger partial charge in [-0.15, -0.1) is 0 Å². The SMILES string of the molecule is COc1ccc(F)cc1CNC[C@H](C)CO. The summed E-state index contributed by atoms with van der Waals surface area (Å²) in [6, 6.07) is 4.44. The summed E-state index contributed by atoms with van der Waals surface area (Å²) in [5, 5.41) is 12.0. The molecule has 2 N–H and O–H groups in total. The van der Waals surface area contributed by atoms with Crippen LogP contribution < -0.4 is 10.1 Å². The van der Waals surface area contributed by atoms with Crippen LogP contribution in [0.5, 0.6) is 5.75 Å². The van der Waals surface area contributed by atoms with E-state index in [1.165, 1.54) is 12.1 Å². The van der Waals surface area contributed by atoms with Crippen LogP contribution in [0.3, 0.4) is 0 Å². The van der Waals surface area contributed by atoms with Crippen molar-refractivity contribution >= 4 is 0 Å². The first-order valence-corrected chi connectivity index (χ1v) is 5.31. The van der Waals surface area contributed by atoms with Gasteiger partial charge in [0.15, 0.2) is 0 Å². The monoisotopic (exact) mass is 227 g/mol. The number of rotatable bonds is 6. The van der Waals surface area contributed by atoms with Crippen LogP contribution in [0.2, 0.25) is 0 Å². The fourth-order valence-corrected chi connectivity index (χ4v) is 1.40. The summed E-state index contributed by atoms with van der Waals surface area (Å²) in [5.41, 5.74) is 0.785. The van der Waals surface area contributed by atoms with E-state index >= 15 is 0 Å². The number of aliphatic hydroxyl groups is 1. The highest BCUT2D eigenvalue weighted by Gasteiger charge is 2.05. The maximum absolute atomic E-state index is 13.0. The third-order valence-corrected chi connectivity index (χ3v) is 2.36. The lowest BCUT2D eigenvalue weighted by Crippen LogP contribution is -2.23. The second-order valence-electron chi connectivity index (χ2n) is 3.87. The number of hydrogen-bond donors (Lipinski definition) is 2. The molecule has 0 fully saturated rings. The van der Waals surface area contributed by atoms with Crippen LogP contribution >= 0.6 is 0 Å². The van der Waals surface area contributed by atoms with Crippen molar-refractivity contribution in [1.29, 1.82) is 0 Å². The summed E-state index contributed by atoms with van der Waals surface area (Å²) >= 11 is 0. The number of benzene rings is 1. The third-order valence-electron chi connectivity index (χ3n) is 2.36. The molecule has 0 heterocycles. The Bertz CT molecular complexity index is 331. The van der Waals surface area contributed by atoms with Gasteiger partial charge in [0.2, 0.25) is 0 Å². The minimum absolute atomic E-state index is 0.146. The molecule has 0 aliphatic carbocycles. The number of halogens is 1. The molecule has 0 spiro atoms. The molecule has 1 aromatic rings. The van der Waals surface area contributed by atoms with Gasteiger partial charge in [0.1, 0.15) is 11.6 Å². The molecule has 0 radical (unpaired) electrons. The summed E-state index contributed by atoms with van der Waals surface area (Å²) in [6.45, 7) is 3.31. The van der Waals surface area contributed by atoms with Crippen LogP contribution in [0.25, 0.3) is 0 Å². The standard InChI is InChI=1S/C12H18FNO2/c1-9(8-15)6-14-7-10-5-11(13)3-4-12(10)16-2/h3-5,9,14-15H,6-8H2,1-2H3/t9-/m0/s1. The molecule has 0 unspecified atom stereocenters. The number of aliphatic hydroxyl groups excluding tert-OH is 1. The molecule has 0 saturated carbocycles. The molecule has 0 aromatic heterocycles. The van der Waals surface area contributed by atoms with Crippen molar-refractivity contribution in [1.82, 2.24) is 5.32 Å². The second-order valence-corrected chi connectivity index (χ2v) is 3.87. The Kier molecular flexibility index (Phi) is 5.22. The number of nitrogens with one attached hydrogen (secondary N) is 1. The topological polar surface area (TPSA) is 41.5 Å². The number of hydrogen-bond acceptors (Lipinski definition) is 3. The van der Waals surface area contributed by atoms with Gasteiger partial charge in [-0.05, 0) is 24.1 Å². The van der Waals surface area contributed by atoms with Crippen LogP contribution in [0, 0.1) is 11.7 Å². The Morgan fingerprint density at radius 1 is 1.50 bits per heavy atom. The first-order valence-electron chi connectivity index (χ1n) is 5.31. The molecule has 0 aliphatic rings. The van der Waals surface area contributed by atoms with Gasteiger partial charge >= 0.3 is 0 Å². The van der Waals surface area contributed by atoms with E-state index in [9.17, 15) is 4.39 Å². The van der Waals surface area contributed by atoms with E-state index in [-0.39, 0.29) is 18.3 Å². The highest BCUT2D eigenvalue weighted by Crippen LogP contribution is 2.18. The van der Waals surface area contributed by atoms with Gasteiger partial charge in [-0.25, -0.2) is 4.39 Å². The van der Waals surface area contributed by atoms with Gasteiger partial charge in [0.05, 0.1) is 7.11 Å². The van der Waals surface area contributed by atoms with Crippen molar-refractivity contribution < 1.29 is 14.2 Å². The minimum atomic E-state index is -0.271. The van der Waals surface area contributed by atoms with Crippen molar-refractivity contribution in [2.45, 2.75) is 13.5 Å². The van der Waals surface area contributed by atoms with Crippen molar-refractivity contribution in [3.8, 4) is 5.75 Å². The van der Waals surface area contributed by atoms with Crippen molar-refractivity contribution in [2.75, 3.05) is 20.3 Å². The molecule has 0 amide bonds. The zero-order valence-corrected chi connectivity index (χ0v) is 9.66. The van der Waals surface area contributed by atoms with Crippen LogP contribution in [-0.4, -0.2) is 25.4 Å². The predicted molar refractivity (Wildman–Crippen MR) is 60.9 cm³/mol. The molecule has 1 atom stereocenters. The highest BCUT2D eigenvalue weighted by molar-refractivity contribution is 5.33. The van der Waals surface area contributed by atoms with Crippen molar-refractivity contribution in [3.63, 3.8) is 0 Å². The summed E-state index contributed by atoms with van der Waals surface area (Å²) in [4.78, 5) is 0. The van der Waals surface area contributed by atoms with Crippen LogP contribution in [-0.2, 0) is 6.54 Å². The van der Waals surface area contributed by atoms with E-state index in [1.54, 1.807) is 13.2 Å². The summed E-state index contributed by atoms with van der Waals surface area (Å²) in [5.74, 6) is 0.595. The Hall–Kier alpha value is -1.13. The summed E-state index contributed by atoms with van der Waals surface area (Å²) in [6.07, 6.45) is 0. The summed E-state index contributed by atoms with van der Waals surface area (Å²) in [7, 11) is 1.56. The van der Waals surface area contributed by atoms with E-state index in [2.05, 4.69) is 5.32 Å². The van der Waals surface area contributed by atoms with Crippen molar-refractivity contribution in [3.05, 3.63) is 29.6 Å². The Morgan fingerprint density at radius 3 is 2.88 bits per heavy atom. The fourth-order valence-electron chi connectivity index (χ4n) is 1.40. The van der Waals surface area contributed by atoms with Crippen LogP contribution in [0.4, 0.5) is 4.39 Å². The Balaban J connectivity index is 2.55. The first kappa shape index (κ1) is 12.9. The van der Waals surface area contributed by atoms with Crippen LogP contribution in [0.1, 0.15) is 12.5 Å². The third kappa shape index (κ3) is 3.79. The molecule has 0 saturated heterocycles. The predicted octanol–water partition coefficient (Wildman–Crippen LogP) is 1.55. The van der Waals surface area contributed by atoms with Gasteiger partial charge in [0, 0.05) is 25.3 Å². The quantitative estimate of drug-likeness (QED) is 0.774. The van der Waals surface area contributed by atoms with Crippen LogP contribution in [0.15, 0.2) is 18.2 Å². The highest BCUT2D eigenvalue weighted by atomic mass is 19.1. The van der Waals surface area contributed by atoms with Gasteiger partial charge in [-0.2, -0.15) is 0 Å². The fraction of sp³-hybridized carbons (Fsp3) is 0.500. The smallest absolute Gasteiger partial charge is 0.123 e. The van der Waals surface area contributed by atoms with E-state index in [0.29, 0.717) is 18.8 Å². The zero-order valence-electron chi connectivity index (χ0n) is 9.66. The molecule has 0 aliphatic heterocycles. The molecule has 1 aromatic carbocycles. The molecular weight excluding hydrogens is 209 g/mol. The lowest BCUT2D eigenvalue weighted by molar-refractivity contribution is 0.233. The maximum atomic E-state index is 13.0. The number of ether oxygens (including phenoxy) is 1. The lowest BCUT2D eigenvalue weighted by Gasteiger charge is -2.12. The van der Waals surface area contributed by atoms with Gasteiger partial charge in [-0.3, -0.25) is 0 Å². The van der Waals surface area contributed by atoms with Gasteiger partial charge in [-0.1, -0.05) is 6.92 Å². The largest absolute Gasteiger partial charge is 0.496 e. The Morgan fingerprint density at radius 2 is 2.25 bits per heavy atom. The second kappa shape index (κ2) is 6.45. The average Bonchev–Trinajstić information content (AvgIpc) is 2.29. The average molecular weight is 227 g/mol. The number of methoxy groups -OCH3 is 1. The van der Waals surface area contributed by atoms with Gasteiger partial charge in [0.25, 0.3) is 0 Å². The molecule has 1 rings (SSSR count). The van der Waals surface area contributed by atoms with Crippen molar-refractivity contribution in [2.24, 2.45) is 5.92 Å². The van der Waals surface area contributed by atoms with E-state index in [4.69, 9.17) is 9.84 Å². The maximum Gasteiger partial charge on any atom is 0.123 e. The molecular formula is C12H18FNO2. The Labute approximate surface area is 95.2 Å². The molecule has 90 valence electrons. The molecule has 0 bridgehead atoms. The summed E-state index contributed by atoms with van der Waals surface area (Å²) < 4.78 is 18.1. The zero-order chi connectivity index (χ0) is 12.0. The minimum Gasteiger partial charge on any atom is -0.496 e. The molecule has 3 nitrogen and oxygen atoms in total. The van der Waals surface area contributed by atoms with E-state index < -0.39 is 0 Å². The lowest BCUT2D eigenvalue weighted by atomic mass is 10.1.